The molecule has 0 unspecified atom stereocenters. The van der Waals surface area contributed by atoms with Crippen molar-refractivity contribution in [2.45, 2.75) is 17.5 Å². The maximum Gasteiger partial charge on any atom is 0.293 e. The molecule has 4 amide bonds. The number of ether oxygens (including phenoxy) is 2. The number of carbonyl (C=O) groups is 4. The Morgan fingerprint density at radius 1 is 0.741 bits per heavy atom. The summed E-state index contributed by atoms with van der Waals surface area (Å²) in [5.41, 5.74) is 7.74. The lowest BCUT2D eigenvalue weighted by Crippen LogP contribution is -2.22. The number of sulfonamides is 1. The van der Waals surface area contributed by atoms with E-state index < -0.39 is 25.0 Å². The highest BCUT2D eigenvalue weighted by Crippen LogP contribution is 2.38. The van der Waals surface area contributed by atoms with Crippen molar-refractivity contribution < 1.29 is 45.5 Å². The number of imide groups is 2. The molecule has 0 bridgehead atoms. The number of nitrogens with one attached hydrogen (secondary N) is 1. The first-order valence-corrected chi connectivity index (χ1v) is 22.5. The number of amides is 4. The molecule has 2 aliphatic heterocycles. The number of anilines is 2. The number of halogens is 3. The van der Waals surface area contributed by atoms with Crippen molar-refractivity contribution in [3.05, 3.63) is 103 Å². The molecule has 2 aromatic heterocycles. The fourth-order valence-corrected chi connectivity index (χ4v) is 8.65. The van der Waals surface area contributed by atoms with E-state index in [4.69, 9.17) is 25.9 Å². The van der Waals surface area contributed by atoms with Crippen LogP contribution in [0.5, 0.6) is 11.5 Å². The van der Waals surface area contributed by atoms with Crippen molar-refractivity contribution in [1.29, 1.82) is 0 Å². The number of nitrogens with two attached hydrogens (primary N) is 1. The smallest absolute Gasteiger partial charge is 0.293 e. The van der Waals surface area contributed by atoms with Crippen LogP contribution in [-0.2, 0) is 28.7 Å². The van der Waals surface area contributed by atoms with Gasteiger partial charge >= 0.3 is 0 Å². The summed E-state index contributed by atoms with van der Waals surface area (Å²) >= 11 is 8.47. The van der Waals surface area contributed by atoms with Gasteiger partial charge < -0.3 is 15.2 Å². The highest BCUT2D eigenvalue weighted by Gasteiger charge is 2.33. The highest BCUT2D eigenvalue weighted by molar-refractivity contribution is 9.10. The van der Waals surface area contributed by atoms with Crippen molar-refractivity contribution in [3.8, 4) is 11.5 Å². The second-order valence-corrected chi connectivity index (χ2v) is 18.9. The number of thioether (sulfide) groups is 2. The molecule has 4 heterocycles. The molecule has 2 aromatic carbocycles. The Kier molecular flexibility index (Phi) is 16.9. The number of likely N-dealkylation sites (N-methyl/N-ethyl adjacent to an activating group) is 2. The summed E-state index contributed by atoms with van der Waals surface area (Å²) in [6.07, 6.45) is 5.93. The minimum absolute atomic E-state index is 0. The van der Waals surface area contributed by atoms with Crippen LogP contribution >= 0.6 is 66.1 Å². The first-order chi connectivity index (χ1) is 26.8. The quantitative estimate of drug-likeness (QED) is 0.0981. The van der Waals surface area contributed by atoms with Gasteiger partial charge in [0, 0.05) is 46.1 Å². The van der Waals surface area contributed by atoms with Gasteiger partial charge in [0.2, 0.25) is 0 Å². The highest BCUT2D eigenvalue weighted by atomic mass is 79.9. The van der Waals surface area contributed by atoms with E-state index in [2.05, 4.69) is 46.5 Å². The van der Waals surface area contributed by atoms with E-state index in [9.17, 15) is 36.0 Å². The number of pyridine rings is 2. The molecule has 0 aliphatic carbocycles. The Morgan fingerprint density at radius 2 is 1.19 bits per heavy atom. The molecule has 2 fully saturated rings. The average molecular weight is 1020 g/mol. The molecule has 0 atom stereocenters. The summed E-state index contributed by atoms with van der Waals surface area (Å²) in [6, 6.07) is 15.5. The topological polar surface area (TPSA) is 225 Å². The van der Waals surface area contributed by atoms with Gasteiger partial charge in [-0.2, -0.15) is 8.42 Å². The van der Waals surface area contributed by atoms with Gasteiger partial charge in [-0.1, -0.05) is 51.4 Å². The number of nitrogen functional groups attached to an aromatic ring is 1. The van der Waals surface area contributed by atoms with Crippen molar-refractivity contribution in [3.63, 3.8) is 0 Å². The normalized spacial score (nSPS) is 15.4. The molecule has 23 heteroatoms. The van der Waals surface area contributed by atoms with E-state index in [0.717, 1.165) is 43.4 Å². The molecule has 4 aromatic rings. The van der Waals surface area contributed by atoms with E-state index in [1.165, 1.54) is 65.0 Å². The molecule has 0 radical (unpaired) electrons. The molecule has 3 N–H and O–H groups in total. The third-order valence-electron chi connectivity index (χ3n) is 7.26. The molecule has 2 saturated heterocycles. The molecule has 0 spiro atoms. The van der Waals surface area contributed by atoms with Crippen LogP contribution in [0.25, 0.3) is 12.2 Å². The Morgan fingerprint density at radius 3 is 1.57 bits per heavy atom. The molecule has 308 valence electrons. The number of aromatic nitrogens is 2. The fraction of sp³-hybridized carbons (Fsp3) is 0.143. The number of carbonyl (C=O) groups excluding carboxylic acids is 4. The Labute approximate surface area is 364 Å². The van der Waals surface area contributed by atoms with Crippen LogP contribution < -0.4 is 19.9 Å². The molecular weight excluding hydrogens is 988 g/mol. The minimum Gasteiger partial charge on any atom is -0.495 e. The predicted octanol–water partition coefficient (Wildman–Crippen LogP) is 7.67. The third kappa shape index (κ3) is 12.1. The Bertz CT molecular complexity index is 2520. The standard InChI is InChI=1S/C17H14BrN3O5S2.C12H11BrN2O3S.C5H4ClNO2S.CH4/c1-21-16(22)14(27-17(21)23)8-10-7-13(26-2)12(9-11(10)18)20-28(24,25)15-5-3-4-6-19-15;1-15-11(16)10(19-12(15)17)4-6-3-9(18-2)8(14)5-7(6)13;6-10(8,9)5-3-1-2-4-7-5;/h3-9,20H,1-2H3;3-5H,14H2,1-2H3;1-4H;1H4/b14-8-;10-4-;;. The van der Waals surface area contributed by atoms with Gasteiger partial charge in [-0.15, -0.1) is 0 Å². The summed E-state index contributed by atoms with van der Waals surface area (Å²) in [5.74, 6) is 0.0494. The lowest BCUT2D eigenvalue weighted by Gasteiger charge is -2.13. The van der Waals surface area contributed by atoms with Crippen molar-refractivity contribution >= 4 is 131 Å². The van der Waals surface area contributed by atoms with Gasteiger partial charge in [-0.3, -0.25) is 33.7 Å². The van der Waals surface area contributed by atoms with Crippen LogP contribution in [0.2, 0.25) is 0 Å². The van der Waals surface area contributed by atoms with E-state index in [-0.39, 0.29) is 50.2 Å². The van der Waals surface area contributed by atoms with Crippen molar-refractivity contribution in [1.82, 2.24) is 19.8 Å². The number of rotatable bonds is 8. The van der Waals surface area contributed by atoms with Crippen LogP contribution in [0.3, 0.4) is 0 Å². The summed E-state index contributed by atoms with van der Waals surface area (Å²) in [5, 5.41) is -0.889. The van der Waals surface area contributed by atoms with Gasteiger partial charge in [0.1, 0.15) is 11.5 Å². The number of hydrogen-bond donors (Lipinski definition) is 2. The summed E-state index contributed by atoms with van der Waals surface area (Å²) in [7, 11) is 3.19. The van der Waals surface area contributed by atoms with Gasteiger partial charge in [0.25, 0.3) is 41.4 Å². The van der Waals surface area contributed by atoms with E-state index in [1.807, 2.05) is 0 Å². The SMILES string of the molecule is C.COc1cc(/C=C2\SC(=O)N(C)C2=O)c(Br)cc1N.COc1cc(/C=C2\SC(=O)N(C)C2=O)c(Br)cc1NS(=O)(=O)c1ccccn1.O=S(=O)(Cl)c1ccccn1. The summed E-state index contributed by atoms with van der Waals surface area (Å²) in [6.45, 7) is 0. The Balaban J connectivity index is 0.000000258. The van der Waals surface area contributed by atoms with E-state index >= 15 is 0 Å². The van der Waals surface area contributed by atoms with Crippen LogP contribution in [0.1, 0.15) is 18.6 Å². The number of nitrogens with zero attached hydrogens (tertiary/aromatic N) is 4. The zero-order chi connectivity index (χ0) is 42.2. The van der Waals surface area contributed by atoms with Crippen LogP contribution in [0.15, 0.2) is 102 Å². The molecular formula is C35H33Br2ClN6O10S4. The van der Waals surface area contributed by atoms with E-state index in [0.29, 0.717) is 26.4 Å². The number of hydrogen-bond acceptors (Lipinski definition) is 15. The van der Waals surface area contributed by atoms with Crippen LogP contribution in [0.4, 0.5) is 21.0 Å². The zero-order valence-electron chi connectivity index (χ0n) is 29.8. The Hall–Kier alpha value is -4.45. The predicted molar refractivity (Wildman–Crippen MR) is 232 cm³/mol. The fourth-order valence-electron chi connectivity index (χ4n) is 4.37. The van der Waals surface area contributed by atoms with Gasteiger partial charge in [0.05, 0.1) is 35.4 Å². The first kappa shape index (κ1) is 47.9. The first-order valence-electron chi connectivity index (χ1n) is 15.5. The van der Waals surface area contributed by atoms with Gasteiger partial charge in [0.15, 0.2) is 10.1 Å². The average Bonchev–Trinajstić information content (AvgIpc) is 3.56. The molecule has 16 nitrogen and oxygen atoms in total. The number of methoxy groups -OCH3 is 2. The van der Waals surface area contributed by atoms with Crippen molar-refractivity contribution in [2.75, 3.05) is 38.8 Å². The van der Waals surface area contributed by atoms with Crippen LogP contribution in [0, 0.1) is 0 Å². The van der Waals surface area contributed by atoms with Crippen molar-refractivity contribution in [2.24, 2.45) is 0 Å². The van der Waals surface area contributed by atoms with Gasteiger partial charge in [-0.25, -0.2) is 18.4 Å². The lowest BCUT2D eigenvalue weighted by atomic mass is 10.1. The van der Waals surface area contributed by atoms with Gasteiger partial charge in [-0.05, 0) is 95.3 Å². The summed E-state index contributed by atoms with van der Waals surface area (Å²) in [4.78, 5) is 57.0. The second kappa shape index (κ2) is 20.5. The molecule has 2 aliphatic rings. The number of benzene rings is 2. The largest absolute Gasteiger partial charge is 0.495 e. The monoisotopic (exact) mass is 1020 g/mol. The lowest BCUT2D eigenvalue weighted by molar-refractivity contribution is -0.122. The minimum atomic E-state index is -3.91. The zero-order valence-corrected chi connectivity index (χ0v) is 37.0. The second-order valence-electron chi connectivity index (χ2n) is 11.1. The third-order valence-corrected chi connectivity index (χ3v) is 13.1. The molecule has 0 saturated carbocycles. The maximum atomic E-state index is 12.5. The molecule has 6 rings (SSSR count). The van der Waals surface area contributed by atoms with Crippen LogP contribution in [-0.4, -0.2) is 87.2 Å². The maximum absolute atomic E-state index is 12.5. The summed E-state index contributed by atoms with van der Waals surface area (Å²) < 4.78 is 60.2. The van der Waals surface area contributed by atoms with E-state index in [1.54, 1.807) is 48.5 Å². The molecule has 58 heavy (non-hydrogen) atoms.